The van der Waals surface area contributed by atoms with Crippen LogP contribution >= 0.6 is 0 Å². The molecule has 2 amide bonds. The van der Waals surface area contributed by atoms with Crippen molar-refractivity contribution in [2.24, 2.45) is 10.9 Å². The van der Waals surface area contributed by atoms with E-state index < -0.39 is 0 Å². The molecule has 2 saturated heterocycles. The number of hydrogen-bond acceptors (Lipinski definition) is 4. The molecule has 0 aromatic carbocycles. The van der Waals surface area contributed by atoms with Gasteiger partial charge >= 0.3 is 0 Å². The van der Waals surface area contributed by atoms with Crippen LogP contribution in [0.25, 0.3) is 0 Å². The van der Waals surface area contributed by atoms with Gasteiger partial charge in [-0.2, -0.15) is 0 Å². The van der Waals surface area contributed by atoms with E-state index in [0.717, 1.165) is 50.9 Å². The third-order valence-electron chi connectivity index (χ3n) is 4.79. The van der Waals surface area contributed by atoms with E-state index in [2.05, 4.69) is 15.2 Å². The first-order chi connectivity index (χ1) is 11.6. The Balaban J connectivity index is 1.70. The number of carbonyl (C=O) groups is 2. The number of hydrogen-bond donors (Lipinski definition) is 1. The molecule has 2 rings (SSSR count). The highest BCUT2D eigenvalue weighted by atomic mass is 16.5. The molecule has 136 valence electrons. The number of imide groups is 1. The van der Waals surface area contributed by atoms with Gasteiger partial charge in [0.05, 0.1) is 0 Å². The molecule has 1 N–H and O–H groups in total. The molecule has 0 aromatic rings. The zero-order valence-corrected chi connectivity index (χ0v) is 14.9. The second kappa shape index (κ2) is 9.61. The van der Waals surface area contributed by atoms with E-state index in [1.165, 1.54) is 4.90 Å². The minimum atomic E-state index is -0.0593. The Bertz CT molecular complexity index is 445. The molecule has 7 nitrogen and oxygen atoms in total. The van der Waals surface area contributed by atoms with Gasteiger partial charge in [-0.1, -0.05) is 0 Å². The average molecular weight is 338 g/mol. The molecular formula is C17H30N4O3. The van der Waals surface area contributed by atoms with Gasteiger partial charge in [-0.25, -0.2) is 0 Å². The number of rotatable bonds is 6. The lowest BCUT2D eigenvalue weighted by Crippen LogP contribution is -2.47. The lowest BCUT2D eigenvalue weighted by Gasteiger charge is -2.28. The van der Waals surface area contributed by atoms with Crippen LogP contribution in [-0.2, 0) is 14.3 Å². The van der Waals surface area contributed by atoms with Crippen molar-refractivity contribution >= 4 is 17.8 Å². The van der Waals surface area contributed by atoms with E-state index in [4.69, 9.17) is 4.74 Å². The van der Waals surface area contributed by atoms with Crippen LogP contribution in [0.3, 0.4) is 0 Å². The topological polar surface area (TPSA) is 74.2 Å². The summed E-state index contributed by atoms with van der Waals surface area (Å²) in [4.78, 5) is 31.3. The second-order valence-electron chi connectivity index (χ2n) is 6.53. The molecule has 0 unspecified atom stereocenters. The summed E-state index contributed by atoms with van der Waals surface area (Å²) in [5.74, 6) is 1.41. The van der Waals surface area contributed by atoms with Crippen LogP contribution in [0.4, 0.5) is 0 Å². The molecule has 0 spiro atoms. The highest BCUT2D eigenvalue weighted by molar-refractivity contribution is 5.97. The number of carbonyl (C=O) groups excluding carboxylic acids is 2. The molecule has 0 radical (unpaired) electrons. The van der Waals surface area contributed by atoms with E-state index in [1.54, 1.807) is 7.05 Å². The van der Waals surface area contributed by atoms with Gasteiger partial charge in [-0.15, -0.1) is 0 Å². The van der Waals surface area contributed by atoms with Gasteiger partial charge in [0.2, 0.25) is 11.8 Å². The van der Waals surface area contributed by atoms with Gasteiger partial charge in [0.1, 0.15) is 0 Å². The minimum Gasteiger partial charge on any atom is -0.381 e. The summed E-state index contributed by atoms with van der Waals surface area (Å²) in [5.41, 5.74) is 0. The second-order valence-corrected chi connectivity index (χ2v) is 6.53. The van der Waals surface area contributed by atoms with Crippen LogP contribution in [0, 0.1) is 5.92 Å². The fourth-order valence-electron chi connectivity index (χ4n) is 3.23. The van der Waals surface area contributed by atoms with Crippen LogP contribution < -0.4 is 5.32 Å². The molecule has 0 saturated carbocycles. The number of guanidine groups is 1. The normalized spacial score (nSPS) is 20.4. The van der Waals surface area contributed by atoms with Gasteiger partial charge in [0.25, 0.3) is 0 Å². The maximum absolute atomic E-state index is 11.8. The Morgan fingerprint density at radius 3 is 2.58 bits per heavy atom. The maximum Gasteiger partial charge on any atom is 0.229 e. The quantitative estimate of drug-likeness (QED) is 0.441. The first-order valence-corrected chi connectivity index (χ1v) is 8.94. The van der Waals surface area contributed by atoms with Crippen LogP contribution in [0.15, 0.2) is 4.99 Å². The molecule has 2 aliphatic heterocycles. The van der Waals surface area contributed by atoms with E-state index in [0.29, 0.717) is 32.4 Å². The maximum atomic E-state index is 11.8. The van der Waals surface area contributed by atoms with Crippen molar-refractivity contribution in [1.82, 2.24) is 15.1 Å². The zero-order valence-electron chi connectivity index (χ0n) is 14.9. The molecule has 0 aliphatic carbocycles. The molecule has 2 fully saturated rings. The Hall–Kier alpha value is -1.63. The fraction of sp³-hybridized carbons (Fsp3) is 0.824. The number of amides is 2. The standard InChI is InChI=1S/C17H30N4O3/c1-18-17(20(2)10-6-14-7-12-24-13-8-14)19-9-11-21-15(22)4-3-5-16(21)23/h14H,3-13H2,1-2H3,(H,18,19). The van der Waals surface area contributed by atoms with Gasteiger partial charge in [-0.3, -0.25) is 19.5 Å². The molecule has 0 bridgehead atoms. The van der Waals surface area contributed by atoms with Crippen molar-refractivity contribution in [1.29, 1.82) is 0 Å². The molecule has 7 heteroatoms. The van der Waals surface area contributed by atoms with Gasteiger partial charge in [0, 0.05) is 59.8 Å². The van der Waals surface area contributed by atoms with Crippen molar-refractivity contribution < 1.29 is 14.3 Å². The predicted octanol–water partition coefficient (Wildman–Crippen LogP) is 0.849. The summed E-state index contributed by atoms with van der Waals surface area (Å²) >= 11 is 0. The molecule has 2 heterocycles. The number of likely N-dealkylation sites (tertiary alicyclic amines) is 1. The number of piperidine rings is 1. The van der Waals surface area contributed by atoms with Crippen molar-refractivity contribution in [2.75, 3.05) is 46.9 Å². The molecule has 0 atom stereocenters. The van der Waals surface area contributed by atoms with Gasteiger partial charge in [-0.05, 0) is 31.6 Å². The lowest BCUT2D eigenvalue weighted by molar-refractivity contribution is -0.147. The Kier molecular flexibility index (Phi) is 7.49. The zero-order chi connectivity index (χ0) is 17.4. The minimum absolute atomic E-state index is 0.0593. The predicted molar refractivity (Wildman–Crippen MR) is 92.7 cm³/mol. The van der Waals surface area contributed by atoms with E-state index in [9.17, 15) is 9.59 Å². The third-order valence-corrected chi connectivity index (χ3v) is 4.79. The summed E-state index contributed by atoms with van der Waals surface area (Å²) in [7, 11) is 3.77. The number of ether oxygens (including phenoxy) is 1. The first kappa shape index (κ1) is 18.7. The fourth-order valence-corrected chi connectivity index (χ4v) is 3.23. The van der Waals surface area contributed by atoms with Crippen molar-refractivity contribution in [3.63, 3.8) is 0 Å². The summed E-state index contributed by atoms with van der Waals surface area (Å²) in [6.07, 6.45) is 5.04. The number of nitrogens with zero attached hydrogens (tertiary/aromatic N) is 3. The summed E-state index contributed by atoms with van der Waals surface area (Å²) in [6, 6.07) is 0. The van der Waals surface area contributed by atoms with Gasteiger partial charge in [0.15, 0.2) is 5.96 Å². The lowest BCUT2D eigenvalue weighted by atomic mass is 9.96. The highest BCUT2D eigenvalue weighted by Gasteiger charge is 2.25. The Labute approximate surface area is 144 Å². The summed E-state index contributed by atoms with van der Waals surface area (Å²) in [6.45, 7) is 3.63. The van der Waals surface area contributed by atoms with Crippen molar-refractivity contribution in [2.45, 2.75) is 38.5 Å². The van der Waals surface area contributed by atoms with Crippen molar-refractivity contribution in [3.05, 3.63) is 0 Å². The monoisotopic (exact) mass is 338 g/mol. The third kappa shape index (κ3) is 5.47. The SMILES string of the molecule is CN=C(NCCN1C(=O)CCCC1=O)N(C)CCC1CCOCC1. The molecule has 0 aromatic heterocycles. The van der Waals surface area contributed by atoms with Crippen LogP contribution in [0.5, 0.6) is 0 Å². The van der Waals surface area contributed by atoms with Gasteiger partial charge < -0.3 is 15.0 Å². The Morgan fingerprint density at radius 2 is 1.96 bits per heavy atom. The van der Waals surface area contributed by atoms with E-state index in [1.807, 2.05) is 7.05 Å². The van der Waals surface area contributed by atoms with E-state index >= 15 is 0 Å². The smallest absolute Gasteiger partial charge is 0.229 e. The van der Waals surface area contributed by atoms with E-state index in [-0.39, 0.29) is 11.8 Å². The molecular weight excluding hydrogens is 308 g/mol. The number of nitrogens with one attached hydrogen (secondary N) is 1. The van der Waals surface area contributed by atoms with Crippen LogP contribution in [-0.4, -0.2) is 74.5 Å². The molecule has 2 aliphatic rings. The van der Waals surface area contributed by atoms with Crippen LogP contribution in [0.2, 0.25) is 0 Å². The Morgan fingerprint density at radius 1 is 1.29 bits per heavy atom. The summed E-state index contributed by atoms with van der Waals surface area (Å²) in [5, 5.41) is 3.25. The van der Waals surface area contributed by atoms with Crippen molar-refractivity contribution in [3.8, 4) is 0 Å². The first-order valence-electron chi connectivity index (χ1n) is 8.94. The van der Waals surface area contributed by atoms with Crippen LogP contribution in [0.1, 0.15) is 38.5 Å². The number of aliphatic imine (C=N–C) groups is 1. The largest absolute Gasteiger partial charge is 0.381 e. The summed E-state index contributed by atoms with van der Waals surface area (Å²) < 4.78 is 5.39. The molecule has 24 heavy (non-hydrogen) atoms. The highest BCUT2D eigenvalue weighted by Crippen LogP contribution is 2.18. The average Bonchev–Trinajstić information content (AvgIpc) is 2.60.